The third-order valence-electron chi connectivity index (χ3n) is 5.05. The van der Waals surface area contributed by atoms with Crippen LogP contribution in [0.1, 0.15) is 19.4 Å². The van der Waals surface area contributed by atoms with E-state index in [1.54, 1.807) is 20.8 Å². The number of carbonyl (C=O) groups is 1. The number of methoxy groups -OCH3 is 1. The molecule has 11 nitrogen and oxygen atoms in total. The highest BCUT2D eigenvalue weighted by molar-refractivity contribution is 5.90. The van der Waals surface area contributed by atoms with Gasteiger partial charge in [-0.3, -0.25) is 0 Å². The van der Waals surface area contributed by atoms with Crippen LogP contribution in [0.3, 0.4) is 0 Å². The van der Waals surface area contributed by atoms with E-state index < -0.39 is 53.4 Å². The van der Waals surface area contributed by atoms with Crippen LogP contribution in [0, 0.1) is 6.92 Å². The lowest BCUT2D eigenvalue weighted by atomic mass is 9.89. The minimum atomic E-state index is -1.45. The molecule has 4 atom stereocenters. The van der Waals surface area contributed by atoms with Crippen LogP contribution in [0.15, 0.2) is 21.3 Å². The van der Waals surface area contributed by atoms with Gasteiger partial charge in [0.15, 0.2) is 23.6 Å². The van der Waals surface area contributed by atoms with E-state index in [0.717, 1.165) is 0 Å². The molecular weight excluding hydrogens is 400 g/mol. The third-order valence-corrected chi connectivity index (χ3v) is 5.05. The zero-order valence-corrected chi connectivity index (χ0v) is 16.9. The molecule has 3 rings (SSSR count). The number of aliphatic hydroxyl groups is 1. The van der Waals surface area contributed by atoms with Crippen LogP contribution < -0.4 is 21.8 Å². The molecule has 11 heteroatoms. The second kappa shape index (κ2) is 7.67. The SMILES string of the molecule is COC1C(OC(N)=O)C(O)[C@H](Oc2ccc3c(O)c(N)c(=O)oc3c2C)OC1(C)C. The van der Waals surface area contributed by atoms with Crippen LogP contribution in [0.4, 0.5) is 10.5 Å². The van der Waals surface area contributed by atoms with Gasteiger partial charge in [0.2, 0.25) is 6.29 Å². The normalized spacial score (nSPS) is 25.8. The van der Waals surface area contributed by atoms with Crippen LogP contribution >= 0.6 is 0 Å². The van der Waals surface area contributed by atoms with E-state index in [1.165, 1.54) is 19.2 Å². The van der Waals surface area contributed by atoms with Gasteiger partial charge in [-0.05, 0) is 32.9 Å². The first-order chi connectivity index (χ1) is 14.0. The molecule has 0 saturated carbocycles. The number of carbonyl (C=O) groups excluding carboxylic acids is 1. The number of aliphatic hydroxyl groups excluding tert-OH is 1. The lowest BCUT2D eigenvalue weighted by Gasteiger charge is -2.47. The fraction of sp³-hybridized carbons (Fsp3) is 0.474. The maximum atomic E-state index is 11.8. The summed E-state index contributed by atoms with van der Waals surface area (Å²) >= 11 is 0. The summed E-state index contributed by atoms with van der Waals surface area (Å²) in [6, 6.07) is 2.94. The van der Waals surface area contributed by atoms with Gasteiger partial charge in [0, 0.05) is 12.7 Å². The Labute approximate surface area is 171 Å². The maximum absolute atomic E-state index is 11.8. The number of anilines is 1. The van der Waals surface area contributed by atoms with Gasteiger partial charge in [-0.2, -0.15) is 0 Å². The smallest absolute Gasteiger partial charge is 0.404 e. The number of aryl methyl sites for hydroxylation is 1. The van der Waals surface area contributed by atoms with Gasteiger partial charge in [0.05, 0.1) is 11.0 Å². The Hall–Kier alpha value is -3.02. The molecule has 0 radical (unpaired) electrons. The Morgan fingerprint density at radius 1 is 1.30 bits per heavy atom. The van der Waals surface area contributed by atoms with E-state index in [-0.39, 0.29) is 16.7 Å². The molecule has 1 fully saturated rings. The molecule has 0 bridgehead atoms. The molecule has 1 saturated heterocycles. The minimum absolute atomic E-state index is 0.0634. The number of aromatic hydroxyl groups is 1. The Kier molecular flexibility index (Phi) is 5.54. The van der Waals surface area contributed by atoms with Crippen LogP contribution in [0.2, 0.25) is 0 Å². The van der Waals surface area contributed by atoms with Crippen molar-refractivity contribution in [3.8, 4) is 11.5 Å². The average molecular weight is 424 g/mol. The molecule has 2 aromatic rings. The molecule has 30 heavy (non-hydrogen) atoms. The second-order valence-corrected chi connectivity index (χ2v) is 7.47. The Bertz CT molecular complexity index is 1030. The molecular formula is C19H24N2O9. The summed E-state index contributed by atoms with van der Waals surface area (Å²) in [5, 5.41) is 21.0. The van der Waals surface area contributed by atoms with Crippen molar-refractivity contribution in [1.82, 2.24) is 0 Å². The highest BCUT2D eigenvalue weighted by Gasteiger charge is 2.53. The average Bonchev–Trinajstić information content (AvgIpc) is 2.66. The van der Waals surface area contributed by atoms with Crippen molar-refractivity contribution in [2.75, 3.05) is 12.8 Å². The minimum Gasteiger partial charge on any atom is -0.505 e. The topological polar surface area (TPSA) is 177 Å². The predicted octanol–water partition coefficient (Wildman–Crippen LogP) is 0.743. The van der Waals surface area contributed by atoms with Crippen molar-refractivity contribution in [3.05, 3.63) is 28.1 Å². The lowest BCUT2D eigenvalue weighted by molar-refractivity contribution is -0.304. The van der Waals surface area contributed by atoms with Crippen LogP contribution in [-0.4, -0.2) is 53.6 Å². The van der Waals surface area contributed by atoms with E-state index in [0.29, 0.717) is 5.56 Å². The van der Waals surface area contributed by atoms with E-state index in [9.17, 15) is 19.8 Å². The molecule has 0 spiro atoms. The van der Waals surface area contributed by atoms with Gasteiger partial charge in [-0.25, -0.2) is 9.59 Å². The Morgan fingerprint density at radius 2 is 1.97 bits per heavy atom. The van der Waals surface area contributed by atoms with Gasteiger partial charge < -0.3 is 45.0 Å². The molecule has 1 aromatic heterocycles. The summed E-state index contributed by atoms with van der Waals surface area (Å²) in [4.78, 5) is 23.1. The number of fused-ring (bicyclic) bond motifs is 1. The number of hydrogen-bond donors (Lipinski definition) is 4. The summed E-state index contributed by atoms with van der Waals surface area (Å²) < 4.78 is 27.2. The van der Waals surface area contributed by atoms with Crippen LogP contribution in [0.25, 0.3) is 11.0 Å². The van der Waals surface area contributed by atoms with Gasteiger partial charge in [0.1, 0.15) is 17.4 Å². The van der Waals surface area contributed by atoms with Crippen molar-refractivity contribution >= 4 is 22.7 Å². The number of benzene rings is 1. The van der Waals surface area contributed by atoms with Crippen LogP contribution in [0.5, 0.6) is 11.5 Å². The summed E-state index contributed by atoms with van der Waals surface area (Å²) in [5.41, 5.74) is 8.74. The molecule has 1 amide bonds. The molecule has 1 aromatic carbocycles. The molecule has 2 heterocycles. The largest absolute Gasteiger partial charge is 0.505 e. The van der Waals surface area contributed by atoms with Crippen molar-refractivity contribution in [2.45, 2.75) is 51.0 Å². The lowest BCUT2D eigenvalue weighted by Crippen LogP contribution is -2.65. The van der Waals surface area contributed by atoms with Gasteiger partial charge in [0.25, 0.3) is 0 Å². The van der Waals surface area contributed by atoms with Crippen molar-refractivity contribution in [3.63, 3.8) is 0 Å². The molecule has 1 aliphatic rings. The summed E-state index contributed by atoms with van der Waals surface area (Å²) in [6.07, 6.45) is -5.80. The first-order valence-electron chi connectivity index (χ1n) is 9.04. The van der Waals surface area contributed by atoms with Crippen molar-refractivity contribution in [2.24, 2.45) is 5.73 Å². The number of ether oxygens (including phenoxy) is 4. The Balaban J connectivity index is 1.99. The summed E-state index contributed by atoms with van der Waals surface area (Å²) in [7, 11) is 1.38. The van der Waals surface area contributed by atoms with Crippen LogP contribution in [-0.2, 0) is 14.2 Å². The number of nitrogen functional groups attached to an aromatic ring is 1. The van der Waals surface area contributed by atoms with E-state index >= 15 is 0 Å². The van der Waals surface area contributed by atoms with Gasteiger partial charge in [-0.15, -0.1) is 0 Å². The van der Waals surface area contributed by atoms with E-state index in [2.05, 4.69) is 0 Å². The Morgan fingerprint density at radius 3 is 2.57 bits per heavy atom. The number of rotatable bonds is 4. The first-order valence-corrected chi connectivity index (χ1v) is 9.04. The molecule has 3 unspecified atom stereocenters. The standard InChI is InChI=1S/C19H24N2O9/c1-7-9(6-5-8-11(22)10(20)16(24)28-13(7)8)27-17-12(23)14(29-18(21)25)15(26-4)19(2,3)30-17/h5-6,12,14-15,17,22-23H,20H2,1-4H3,(H2,21,25)/t12?,14?,15?,17-/m1/s1. The maximum Gasteiger partial charge on any atom is 0.404 e. The van der Waals surface area contributed by atoms with Gasteiger partial charge >= 0.3 is 11.7 Å². The molecule has 0 aliphatic carbocycles. The monoisotopic (exact) mass is 424 g/mol. The second-order valence-electron chi connectivity index (χ2n) is 7.47. The quantitative estimate of drug-likeness (QED) is 0.512. The fourth-order valence-electron chi connectivity index (χ4n) is 3.58. The fourth-order valence-corrected chi connectivity index (χ4v) is 3.58. The van der Waals surface area contributed by atoms with Crippen molar-refractivity contribution < 1.29 is 38.4 Å². The number of primary amides is 1. The highest BCUT2D eigenvalue weighted by atomic mass is 16.7. The summed E-state index contributed by atoms with van der Waals surface area (Å²) in [6.45, 7) is 4.94. The zero-order chi connectivity index (χ0) is 22.4. The molecule has 164 valence electrons. The van der Waals surface area contributed by atoms with Gasteiger partial charge in [-0.1, -0.05) is 0 Å². The number of amides is 1. The predicted molar refractivity (Wildman–Crippen MR) is 104 cm³/mol. The third kappa shape index (κ3) is 3.62. The summed E-state index contributed by atoms with van der Waals surface area (Å²) in [5.74, 6) is -0.202. The number of nitrogens with two attached hydrogens (primary N) is 2. The van der Waals surface area contributed by atoms with E-state index in [1.807, 2.05) is 0 Å². The first kappa shape index (κ1) is 21.7. The highest BCUT2D eigenvalue weighted by Crippen LogP contribution is 2.37. The molecule has 1 aliphatic heterocycles. The zero-order valence-electron chi connectivity index (χ0n) is 16.9. The number of hydrogen-bond acceptors (Lipinski definition) is 10. The van der Waals surface area contributed by atoms with E-state index in [4.69, 9.17) is 34.8 Å². The van der Waals surface area contributed by atoms with Crippen molar-refractivity contribution in [1.29, 1.82) is 0 Å². The molecule has 6 N–H and O–H groups in total.